The summed E-state index contributed by atoms with van der Waals surface area (Å²) in [5.41, 5.74) is 7.34. The van der Waals surface area contributed by atoms with Gasteiger partial charge in [-0.05, 0) is 39.7 Å². The van der Waals surface area contributed by atoms with Crippen LogP contribution in [0.1, 0.15) is 21.7 Å². The lowest BCUT2D eigenvalue weighted by molar-refractivity contribution is 0.0752. The number of thiocarbonyl (C=S) groups is 1. The lowest BCUT2D eigenvalue weighted by atomic mass is 10.1. The van der Waals surface area contributed by atoms with Crippen molar-refractivity contribution in [3.8, 4) is 0 Å². The van der Waals surface area contributed by atoms with Crippen LogP contribution in [-0.2, 0) is 6.54 Å². The van der Waals surface area contributed by atoms with E-state index in [4.69, 9.17) is 22.4 Å². The average Bonchev–Trinajstić information content (AvgIpc) is 2.84. The Kier molecular flexibility index (Phi) is 4.57. The Hall–Kier alpha value is -1.66. The minimum absolute atomic E-state index is 0.184. The third kappa shape index (κ3) is 3.46. The van der Waals surface area contributed by atoms with Gasteiger partial charge in [-0.25, -0.2) is 0 Å². The molecule has 0 spiro atoms. The molecule has 0 fully saturated rings. The molecule has 0 aliphatic carbocycles. The van der Waals surface area contributed by atoms with Crippen LogP contribution in [0.4, 0.5) is 0 Å². The maximum atomic E-state index is 12.1. The lowest BCUT2D eigenvalue weighted by Gasteiger charge is -2.16. The van der Waals surface area contributed by atoms with Gasteiger partial charge in [-0.15, -0.1) is 0 Å². The first-order valence-corrected chi connectivity index (χ1v) is 7.07. The quantitative estimate of drug-likeness (QED) is 0.859. The number of hydrogen-bond donors (Lipinski definition) is 1. The molecule has 4 nitrogen and oxygen atoms in total. The summed E-state index contributed by atoms with van der Waals surface area (Å²) in [6.45, 7) is 0.452. The van der Waals surface area contributed by atoms with Gasteiger partial charge in [-0.2, -0.15) is 0 Å². The van der Waals surface area contributed by atoms with Crippen LogP contribution >= 0.6 is 28.1 Å². The molecule has 2 aromatic rings. The molecule has 0 unspecified atom stereocenters. The second-order valence-corrected chi connectivity index (χ2v) is 5.55. The number of benzene rings is 1. The summed E-state index contributed by atoms with van der Waals surface area (Å²) >= 11 is 8.12. The Bertz CT molecular complexity index is 654. The van der Waals surface area contributed by atoms with Crippen molar-refractivity contribution in [2.75, 3.05) is 7.05 Å². The number of amides is 1. The van der Waals surface area contributed by atoms with Crippen molar-refractivity contribution in [1.82, 2.24) is 4.90 Å². The number of rotatable bonds is 4. The van der Waals surface area contributed by atoms with Crippen LogP contribution in [0.15, 0.2) is 45.5 Å². The molecule has 0 saturated carbocycles. The largest absolute Gasteiger partial charge is 0.444 e. The zero-order chi connectivity index (χ0) is 14.7. The summed E-state index contributed by atoms with van der Waals surface area (Å²) in [6.07, 6.45) is 0. The molecule has 20 heavy (non-hydrogen) atoms. The van der Waals surface area contributed by atoms with Gasteiger partial charge >= 0.3 is 0 Å². The van der Waals surface area contributed by atoms with Crippen molar-refractivity contribution in [2.45, 2.75) is 6.54 Å². The number of carbonyl (C=O) groups is 1. The van der Waals surface area contributed by atoms with Crippen LogP contribution in [0.5, 0.6) is 0 Å². The van der Waals surface area contributed by atoms with Gasteiger partial charge in [0.15, 0.2) is 10.4 Å². The highest BCUT2D eigenvalue weighted by Gasteiger charge is 2.16. The van der Waals surface area contributed by atoms with Crippen molar-refractivity contribution >= 4 is 39.0 Å². The van der Waals surface area contributed by atoms with Gasteiger partial charge in [-0.3, -0.25) is 4.79 Å². The number of halogens is 1. The number of nitrogens with two attached hydrogens (primary N) is 1. The Morgan fingerprint density at radius 1 is 1.40 bits per heavy atom. The van der Waals surface area contributed by atoms with Crippen LogP contribution in [0.3, 0.4) is 0 Å². The first-order chi connectivity index (χ1) is 9.47. The van der Waals surface area contributed by atoms with Crippen molar-refractivity contribution < 1.29 is 9.21 Å². The first-order valence-electron chi connectivity index (χ1n) is 5.87. The van der Waals surface area contributed by atoms with Crippen LogP contribution in [0.2, 0.25) is 0 Å². The third-order valence-electron chi connectivity index (χ3n) is 2.76. The smallest absolute Gasteiger partial charge is 0.289 e. The third-order valence-corrected chi connectivity index (χ3v) is 3.42. The second kappa shape index (κ2) is 6.19. The molecule has 1 amide bonds. The molecule has 0 aliphatic heterocycles. The van der Waals surface area contributed by atoms with Crippen LogP contribution in [0, 0.1) is 0 Å². The number of nitrogens with zero attached hydrogens (tertiary/aromatic N) is 1. The predicted molar refractivity (Wildman–Crippen MR) is 84.5 cm³/mol. The van der Waals surface area contributed by atoms with Crippen LogP contribution in [-0.4, -0.2) is 22.8 Å². The highest BCUT2D eigenvalue weighted by Crippen LogP contribution is 2.16. The van der Waals surface area contributed by atoms with Gasteiger partial charge < -0.3 is 15.1 Å². The SMILES string of the molecule is CN(Cc1cccc(C(N)=S)c1)C(=O)c1ccc(Br)o1. The van der Waals surface area contributed by atoms with E-state index in [9.17, 15) is 4.79 Å². The van der Waals surface area contributed by atoms with Crippen LogP contribution in [0.25, 0.3) is 0 Å². The molecule has 0 aliphatic rings. The Morgan fingerprint density at radius 3 is 2.75 bits per heavy atom. The van der Waals surface area contributed by atoms with E-state index in [0.29, 0.717) is 22.0 Å². The number of furan rings is 1. The summed E-state index contributed by atoms with van der Waals surface area (Å²) in [6, 6.07) is 10.8. The zero-order valence-corrected chi connectivity index (χ0v) is 13.2. The lowest BCUT2D eigenvalue weighted by Crippen LogP contribution is -2.26. The van der Waals surface area contributed by atoms with Crippen molar-refractivity contribution in [3.63, 3.8) is 0 Å². The molecule has 0 atom stereocenters. The van der Waals surface area contributed by atoms with E-state index in [1.807, 2.05) is 24.3 Å². The van der Waals surface area contributed by atoms with E-state index < -0.39 is 0 Å². The Labute approximate surface area is 130 Å². The maximum Gasteiger partial charge on any atom is 0.289 e. The summed E-state index contributed by atoms with van der Waals surface area (Å²) in [5.74, 6) is 0.112. The van der Waals surface area contributed by atoms with Gasteiger partial charge in [0.2, 0.25) is 0 Å². The minimum atomic E-state index is -0.184. The number of hydrogen-bond acceptors (Lipinski definition) is 3. The minimum Gasteiger partial charge on any atom is -0.444 e. The molecule has 1 heterocycles. The van der Waals surface area contributed by atoms with Crippen molar-refractivity contribution in [3.05, 3.63) is 58.0 Å². The van der Waals surface area contributed by atoms with E-state index in [1.165, 1.54) is 0 Å². The summed E-state index contributed by atoms with van der Waals surface area (Å²) < 4.78 is 5.78. The van der Waals surface area contributed by atoms with E-state index in [1.54, 1.807) is 24.1 Å². The normalized spacial score (nSPS) is 10.3. The fraction of sp³-hybridized carbons (Fsp3) is 0.143. The van der Waals surface area contributed by atoms with Gasteiger partial charge in [0.1, 0.15) is 4.99 Å². The molecule has 6 heteroatoms. The highest BCUT2D eigenvalue weighted by atomic mass is 79.9. The van der Waals surface area contributed by atoms with Gasteiger partial charge in [0, 0.05) is 19.2 Å². The molecule has 2 N–H and O–H groups in total. The molecule has 1 aromatic heterocycles. The summed E-state index contributed by atoms with van der Waals surface area (Å²) in [7, 11) is 1.71. The molecule has 0 saturated heterocycles. The van der Waals surface area contributed by atoms with E-state index in [2.05, 4.69) is 15.9 Å². The van der Waals surface area contributed by atoms with Gasteiger partial charge in [0.25, 0.3) is 5.91 Å². The van der Waals surface area contributed by atoms with Gasteiger partial charge in [-0.1, -0.05) is 30.4 Å². The Morgan fingerprint density at radius 2 is 2.15 bits per heavy atom. The highest BCUT2D eigenvalue weighted by molar-refractivity contribution is 9.10. The monoisotopic (exact) mass is 352 g/mol. The maximum absolute atomic E-state index is 12.1. The average molecular weight is 353 g/mol. The molecular weight excluding hydrogens is 340 g/mol. The van der Waals surface area contributed by atoms with E-state index in [0.717, 1.165) is 11.1 Å². The standard InChI is InChI=1S/C14H13BrN2O2S/c1-17(14(18)11-5-6-12(15)19-11)8-9-3-2-4-10(7-9)13(16)20/h2-7H,8H2,1H3,(H2,16,20). The fourth-order valence-electron chi connectivity index (χ4n) is 1.79. The predicted octanol–water partition coefficient (Wildman–Crippen LogP) is 2.95. The van der Waals surface area contributed by atoms with E-state index in [-0.39, 0.29) is 5.91 Å². The van der Waals surface area contributed by atoms with Crippen molar-refractivity contribution in [1.29, 1.82) is 0 Å². The topological polar surface area (TPSA) is 59.5 Å². The summed E-state index contributed by atoms with van der Waals surface area (Å²) in [4.78, 5) is 14.1. The number of carbonyl (C=O) groups excluding carboxylic acids is 1. The molecule has 2 rings (SSSR count). The molecule has 0 bridgehead atoms. The van der Waals surface area contributed by atoms with Crippen LogP contribution < -0.4 is 5.73 Å². The zero-order valence-electron chi connectivity index (χ0n) is 10.8. The van der Waals surface area contributed by atoms with Gasteiger partial charge in [0.05, 0.1) is 0 Å². The first kappa shape index (κ1) is 14.7. The molecule has 1 aromatic carbocycles. The molecular formula is C14H13BrN2O2S. The van der Waals surface area contributed by atoms with E-state index >= 15 is 0 Å². The second-order valence-electron chi connectivity index (χ2n) is 4.33. The molecule has 0 radical (unpaired) electrons. The fourth-order valence-corrected chi connectivity index (χ4v) is 2.22. The van der Waals surface area contributed by atoms with Crippen molar-refractivity contribution in [2.24, 2.45) is 5.73 Å². The Balaban J connectivity index is 2.11. The molecule has 104 valence electrons. The summed E-state index contributed by atoms with van der Waals surface area (Å²) in [5, 5.41) is 0.